The molecule has 0 bridgehead atoms. The number of phenolic OH excluding ortho intramolecular Hbond substituents is 1. The summed E-state index contributed by atoms with van der Waals surface area (Å²) in [5, 5.41) is 40.2. The van der Waals surface area contributed by atoms with E-state index in [2.05, 4.69) is 4.84 Å². The molecular formula is C10H11N3O9. The summed E-state index contributed by atoms with van der Waals surface area (Å²) in [6.07, 6.45) is -2.04. The maximum absolute atomic E-state index is 11.0. The van der Waals surface area contributed by atoms with E-state index in [0.717, 1.165) is 12.1 Å². The molecule has 0 fully saturated rings. The lowest BCUT2D eigenvalue weighted by Crippen LogP contribution is -2.28. The van der Waals surface area contributed by atoms with Crippen LogP contribution in [0.25, 0.3) is 0 Å². The van der Waals surface area contributed by atoms with Crippen molar-refractivity contribution in [3.05, 3.63) is 48.0 Å². The highest BCUT2D eigenvalue weighted by atomic mass is 17.0. The minimum absolute atomic E-state index is 0.156. The largest absolute Gasteiger partial charge is 0.504 e. The monoisotopic (exact) mass is 317 g/mol. The molecular weight excluding hydrogens is 306 g/mol. The average molecular weight is 317 g/mol. The molecule has 22 heavy (non-hydrogen) atoms. The van der Waals surface area contributed by atoms with E-state index >= 15 is 0 Å². The number of hydrogen-bond donors (Lipinski definition) is 1. The van der Waals surface area contributed by atoms with Crippen molar-refractivity contribution in [1.82, 2.24) is 0 Å². The molecule has 120 valence electrons. The number of ether oxygens (including phenoxy) is 1. The highest BCUT2D eigenvalue weighted by Crippen LogP contribution is 2.34. The van der Waals surface area contributed by atoms with Crippen molar-refractivity contribution in [2.75, 3.05) is 13.7 Å². The zero-order valence-corrected chi connectivity index (χ0v) is 11.2. The molecule has 1 aromatic rings. The molecule has 0 amide bonds. The van der Waals surface area contributed by atoms with Crippen LogP contribution in [0.2, 0.25) is 0 Å². The molecule has 1 N–H and O–H groups in total. The standard InChI is InChI=1S/C10H11N3O9/c1-21-10-4-8(12(17)18)6(3-9(10)14)2-7(5-11(15)16)22-13(19)20/h3-4,7,14H,2,5H2,1H3. The van der Waals surface area contributed by atoms with Crippen LogP contribution in [0.15, 0.2) is 12.1 Å². The van der Waals surface area contributed by atoms with E-state index in [4.69, 9.17) is 4.74 Å². The van der Waals surface area contributed by atoms with Crippen molar-refractivity contribution in [3.8, 4) is 11.5 Å². The maximum atomic E-state index is 11.0. The van der Waals surface area contributed by atoms with E-state index in [1.54, 1.807) is 0 Å². The second-order valence-corrected chi connectivity index (χ2v) is 4.08. The molecule has 1 atom stereocenters. The zero-order valence-electron chi connectivity index (χ0n) is 11.2. The number of methoxy groups -OCH3 is 1. The Hall–Kier alpha value is -3.18. The summed E-state index contributed by atoms with van der Waals surface area (Å²) in [5.74, 6) is -0.611. The minimum atomic E-state index is -1.53. The maximum Gasteiger partial charge on any atom is 0.295 e. The highest BCUT2D eigenvalue weighted by molar-refractivity contribution is 5.53. The Labute approximate surface area is 122 Å². The second-order valence-electron chi connectivity index (χ2n) is 4.08. The van der Waals surface area contributed by atoms with Gasteiger partial charge in [-0.3, -0.25) is 20.2 Å². The number of hydrogen-bond acceptors (Lipinski definition) is 9. The third kappa shape index (κ3) is 4.43. The molecule has 0 saturated heterocycles. The molecule has 0 saturated carbocycles. The Bertz CT molecular complexity index is 588. The van der Waals surface area contributed by atoms with Crippen LogP contribution in [0.3, 0.4) is 0 Å². The number of nitrogens with zero attached hydrogens (tertiary/aromatic N) is 3. The van der Waals surface area contributed by atoms with Crippen LogP contribution in [0.1, 0.15) is 5.56 Å². The van der Waals surface area contributed by atoms with E-state index in [1.807, 2.05) is 0 Å². The van der Waals surface area contributed by atoms with Gasteiger partial charge in [0.1, 0.15) is 0 Å². The minimum Gasteiger partial charge on any atom is -0.504 e. The van der Waals surface area contributed by atoms with Crippen LogP contribution in [-0.4, -0.2) is 39.8 Å². The summed E-state index contributed by atoms with van der Waals surface area (Å²) in [4.78, 5) is 34.3. The van der Waals surface area contributed by atoms with E-state index in [0.29, 0.717) is 0 Å². The Kier molecular flexibility index (Phi) is 5.38. The third-order valence-corrected chi connectivity index (χ3v) is 2.61. The normalized spacial score (nSPS) is 11.5. The fraction of sp³-hybridized carbons (Fsp3) is 0.400. The van der Waals surface area contributed by atoms with Gasteiger partial charge in [0.25, 0.3) is 10.8 Å². The van der Waals surface area contributed by atoms with Crippen LogP contribution in [0.4, 0.5) is 5.69 Å². The summed E-state index contributed by atoms with van der Waals surface area (Å²) in [6, 6.07) is 1.87. The van der Waals surface area contributed by atoms with Gasteiger partial charge in [0.2, 0.25) is 6.54 Å². The molecule has 0 aliphatic rings. The zero-order chi connectivity index (χ0) is 16.9. The first-order valence-corrected chi connectivity index (χ1v) is 5.71. The predicted octanol–water partition coefficient (Wildman–Crippen LogP) is 0.705. The van der Waals surface area contributed by atoms with Crippen molar-refractivity contribution < 1.29 is 29.6 Å². The molecule has 1 unspecified atom stereocenters. The number of rotatable bonds is 8. The topological polar surface area (TPSA) is 168 Å². The van der Waals surface area contributed by atoms with Gasteiger partial charge in [-0.05, 0) is 6.07 Å². The molecule has 0 aromatic heterocycles. The Morgan fingerprint density at radius 3 is 2.32 bits per heavy atom. The molecule has 12 nitrogen and oxygen atoms in total. The van der Waals surface area contributed by atoms with Gasteiger partial charge in [0, 0.05) is 16.9 Å². The quantitative estimate of drug-likeness (QED) is 0.535. The van der Waals surface area contributed by atoms with E-state index in [1.165, 1.54) is 7.11 Å². The first-order chi connectivity index (χ1) is 10.2. The first-order valence-electron chi connectivity index (χ1n) is 5.71. The van der Waals surface area contributed by atoms with Gasteiger partial charge in [-0.2, -0.15) is 0 Å². The summed E-state index contributed by atoms with van der Waals surface area (Å²) in [5.41, 5.74) is -0.660. The summed E-state index contributed by atoms with van der Waals surface area (Å²) < 4.78 is 4.72. The van der Waals surface area contributed by atoms with Gasteiger partial charge < -0.3 is 14.7 Å². The second kappa shape index (κ2) is 7.01. The summed E-state index contributed by atoms with van der Waals surface area (Å²) in [6.45, 7) is -0.926. The van der Waals surface area contributed by atoms with E-state index in [9.17, 15) is 35.4 Å². The van der Waals surface area contributed by atoms with Crippen molar-refractivity contribution in [3.63, 3.8) is 0 Å². The van der Waals surface area contributed by atoms with Crippen LogP contribution in [0.5, 0.6) is 11.5 Å². The molecule has 12 heteroatoms. The molecule has 1 aromatic carbocycles. The van der Waals surface area contributed by atoms with Crippen LogP contribution >= 0.6 is 0 Å². The molecule has 0 heterocycles. The fourth-order valence-electron chi connectivity index (χ4n) is 1.77. The molecule has 0 spiro atoms. The Morgan fingerprint density at radius 1 is 1.23 bits per heavy atom. The van der Waals surface area contributed by atoms with Crippen molar-refractivity contribution >= 4 is 5.69 Å². The molecule has 1 rings (SSSR count). The molecule has 0 aliphatic carbocycles. The van der Waals surface area contributed by atoms with Gasteiger partial charge in [0.15, 0.2) is 17.6 Å². The first kappa shape index (κ1) is 16.9. The third-order valence-electron chi connectivity index (χ3n) is 2.61. The lowest BCUT2D eigenvalue weighted by atomic mass is 10.0. The Balaban J connectivity index is 3.16. The van der Waals surface area contributed by atoms with Crippen LogP contribution in [-0.2, 0) is 11.3 Å². The average Bonchev–Trinajstić information content (AvgIpc) is 2.36. The number of phenols is 1. The SMILES string of the molecule is COc1cc([N+](=O)[O-])c(CC(C[N+](=O)[O-])O[N+](=O)[O-])cc1O. The lowest BCUT2D eigenvalue weighted by molar-refractivity contribution is -0.774. The lowest BCUT2D eigenvalue weighted by Gasteiger charge is -2.12. The van der Waals surface area contributed by atoms with Crippen LogP contribution < -0.4 is 4.74 Å². The van der Waals surface area contributed by atoms with Crippen LogP contribution in [0, 0.1) is 30.3 Å². The summed E-state index contributed by atoms with van der Waals surface area (Å²) >= 11 is 0. The Morgan fingerprint density at radius 2 is 1.86 bits per heavy atom. The van der Waals surface area contributed by atoms with Gasteiger partial charge in [-0.25, -0.2) is 0 Å². The van der Waals surface area contributed by atoms with E-state index < -0.39 is 45.4 Å². The predicted molar refractivity (Wildman–Crippen MR) is 68.7 cm³/mol. The number of nitro benzene ring substituents is 1. The number of aromatic hydroxyl groups is 1. The van der Waals surface area contributed by atoms with Gasteiger partial charge in [-0.15, -0.1) is 10.1 Å². The number of nitro groups is 2. The van der Waals surface area contributed by atoms with Crippen molar-refractivity contribution in [2.45, 2.75) is 12.5 Å². The smallest absolute Gasteiger partial charge is 0.295 e. The van der Waals surface area contributed by atoms with Crippen molar-refractivity contribution in [1.29, 1.82) is 0 Å². The highest BCUT2D eigenvalue weighted by Gasteiger charge is 2.26. The van der Waals surface area contributed by atoms with Gasteiger partial charge in [-0.1, -0.05) is 0 Å². The van der Waals surface area contributed by atoms with Gasteiger partial charge >= 0.3 is 0 Å². The molecule has 0 aliphatic heterocycles. The molecule has 0 radical (unpaired) electrons. The van der Waals surface area contributed by atoms with Gasteiger partial charge in [0.05, 0.1) is 18.1 Å². The van der Waals surface area contributed by atoms with E-state index in [-0.39, 0.29) is 11.3 Å². The van der Waals surface area contributed by atoms with Crippen molar-refractivity contribution in [2.24, 2.45) is 0 Å². The fourth-order valence-corrected chi connectivity index (χ4v) is 1.77. The summed E-state index contributed by atoms with van der Waals surface area (Å²) in [7, 11) is 1.18. The number of benzene rings is 1.